The van der Waals surface area contributed by atoms with Crippen molar-refractivity contribution >= 4 is 28.8 Å². The van der Waals surface area contributed by atoms with Crippen LogP contribution in [0.2, 0.25) is 0 Å². The molecule has 0 saturated heterocycles. The number of nitrogens with zero attached hydrogens (tertiary/aromatic N) is 2. The predicted octanol–water partition coefficient (Wildman–Crippen LogP) is 1.12. The molecule has 0 aliphatic heterocycles. The quantitative estimate of drug-likeness (QED) is 0.483. The number of rotatable bonds is 1. The summed E-state index contributed by atoms with van der Waals surface area (Å²) in [5.74, 6) is 0.477. The van der Waals surface area contributed by atoms with Gasteiger partial charge in [0.15, 0.2) is 0 Å². The van der Waals surface area contributed by atoms with Gasteiger partial charge in [-0.15, -0.1) is 0 Å². The van der Waals surface area contributed by atoms with E-state index in [4.69, 9.17) is 10.9 Å². The first kappa shape index (κ1) is 9.29. The van der Waals surface area contributed by atoms with E-state index in [0.717, 1.165) is 34.2 Å². The zero-order valence-electron chi connectivity index (χ0n) is 7.96. The number of fused-ring (bicyclic) bond motifs is 1. The van der Waals surface area contributed by atoms with Crippen LogP contribution in [-0.4, -0.2) is 15.0 Å². The molecule has 74 valence electrons. The van der Waals surface area contributed by atoms with Gasteiger partial charge in [0.2, 0.25) is 5.16 Å². The molecule has 5 N–H and O–H groups in total. The van der Waals surface area contributed by atoms with Gasteiger partial charge in [-0.05, 0) is 31.4 Å². The largest absolute Gasteiger partial charge is 0.383 e. The number of aromatic amines is 1. The van der Waals surface area contributed by atoms with Gasteiger partial charge >= 0.3 is 0 Å². The molecule has 2 aromatic heterocycles. The third-order valence-electron chi connectivity index (χ3n) is 2.27. The summed E-state index contributed by atoms with van der Waals surface area (Å²) in [4.78, 5) is 11.4. The third kappa shape index (κ3) is 1.23. The Balaban J connectivity index is 2.83. The molecule has 0 saturated carbocycles. The minimum Gasteiger partial charge on any atom is -0.383 e. The van der Waals surface area contributed by atoms with Gasteiger partial charge in [0.05, 0.1) is 5.39 Å². The fraction of sp³-hybridized carbons (Fsp3) is 0.250. The zero-order chi connectivity index (χ0) is 10.3. The predicted molar refractivity (Wildman–Crippen MR) is 57.8 cm³/mol. The molecular weight excluding hydrogens is 198 g/mol. The number of nitrogens with two attached hydrogens (primary N) is 2. The highest BCUT2D eigenvalue weighted by Gasteiger charge is 2.11. The van der Waals surface area contributed by atoms with Crippen LogP contribution in [0.4, 0.5) is 5.82 Å². The van der Waals surface area contributed by atoms with E-state index in [1.807, 2.05) is 13.8 Å². The second-order valence-corrected chi connectivity index (χ2v) is 3.71. The summed E-state index contributed by atoms with van der Waals surface area (Å²) in [5, 5.41) is 6.75. The molecular formula is C8H11N5S. The Labute approximate surface area is 85.4 Å². The molecule has 0 bridgehead atoms. The first-order valence-electron chi connectivity index (χ1n) is 4.12. The van der Waals surface area contributed by atoms with Crippen LogP contribution in [0.5, 0.6) is 0 Å². The summed E-state index contributed by atoms with van der Waals surface area (Å²) in [6.45, 7) is 3.97. The lowest BCUT2D eigenvalue weighted by molar-refractivity contribution is 1.00. The Bertz CT molecular complexity index is 490. The van der Waals surface area contributed by atoms with E-state index in [9.17, 15) is 0 Å². The maximum Gasteiger partial charge on any atom is 0.206 e. The summed E-state index contributed by atoms with van der Waals surface area (Å²) >= 11 is 0.991. The Kier molecular flexibility index (Phi) is 2.09. The smallest absolute Gasteiger partial charge is 0.206 e. The minimum absolute atomic E-state index is 0.477. The minimum atomic E-state index is 0.477. The average Bonchev–Trinajstić information content (AvgIpc) is 2.43. The fourth-order valence-electron chi connectivity index (χ4n) is 1.43. The summed E-state index contributed by atoms with van der Waals surface area (Å²) in [5.41, 5.74) is 8.70. The second kappa shape index (κ2) is 3.14. The molecule has 5 nitrogen and oxygen atoms in total. The van der Waals surface area contributed by atoms with Crippen LogP contribution < -0.4 is 10.9 Å². The molecule has 6 heteroatoms. The number of hydrogen-bond donors (Lipinski definition) is 3. The van der Waals surface area contributed by atoms with Gasteiger partial charge in [0, 0.05) is 5.69 Å². The van der Waals surface area contributed by atoms with Gasteiger partial charge in [0.25, 0.3) is 0 Å². The van der Waals surface area contributed by atoms with Crippen LogP contribution in [0.3, 0.4) is 0 Å². The number of H-pyrrole nitrogens is 1. The van der Waals surface area contributed by atoms with Crippen molar-refractivity contribution in [2.75, 3.05) is 5.73 Å². The molecule has 0 aliphatic carbocycles. The number of anilines is 1. The van der Waals surface area contributed by atoms with Gasteiger partial charge in [-0.2, -0.15) is 0 Å². The van der Waals surface area contributed by atoms with Crippen molar-refractivity contribution in [3.05, 3.63) is 11.3 Å². The van der Waals surface area contributed by atoms with Gasteiger partial charge in [-0.25, -0.2) is 9.97 Å². The second-order valence-electron chi connectivity index (χ2n) is 3.11. The number of aryl methyl sites for hydroxylation is 2. The van der Waals surface area contributed by atoms with Crippen LogP contribution in [0.15, 0.2) is 5.16 Å². The summed E-state index contributed by atoms with van der Waals surface area (Å²) < 4.78 is 0. The van der Waals surface area contributed by atoms with E-state index < -0.39 is 0 Å². The van der Waals surface area contributed by atoms with Crippen molar-refractivity contribution in [3.63, 3.8) is 0 Å². The SMILES string of the molecule is Cc1[nH]c2nc(SN)nc(N)c2c1C. The molecule has 14 heavy (non-hydrogen) atoms. The highest BCUT2D eigenvalue weighted by atomic mass is 32.2. The first-order valence-corrected chi connectivity index (χ1v) is 5.00. The number of hydrogen-bond acceptors (Lipinski definition) is 5. The van der Waals surface area contributed by atoms with E-state index >= 15 is 0 Å². The molecule has 0 unspecified atom stereocenters. The fourth-order valence-corrected chi connectivity index (χ4v) is 1.72. The summed E-state index contributed by atoms with van der Waals surface area (Å²) in [6.07, 6.45) is 0. The van der Waals surface area contributed by atoms with Crippen molar-refractivity contribution < 1.29 is 0 Å². The van der Waals surface area contributed by atoms with Crippen LogP contribution in [0, 0.1) is 13.8 Å². The number of aromatic nitrogens is 3. The third-order valence-corrected chi connectivity index (χ3v) is 2.66. The zero-order valence-corrected chi connectivity index (χ0v) is 8.77. The normalized spacial score (nSPS) is 11.1. The molecule has 0 atom stereocenters. The molecule has 2 rings (SSSR count). The lowest BCUT2D eigenvalue weighted by atomic mass is 10.2. The van der Waals surface area contributed by atoms with Gasteiger partial charge in [0.1, 0.15) is 11.5 Å². The Hall–Kier alpha value is -1.27. The van der Waals surface area contributed by atoms with E-state index in [1.165, 1.54) is 0 Å². The topological polar surface area (TPSA) is 93.6 Å². The molecule has 2 heterocycles. The van der Waals surface area contributed by atoms with Crippen molar-refractivity contribution in [2.45, 2.75) is 19.0 Å². The Morgan fingerprint density at radius 3 is 2.64 bits per heavy atom. The van der Waals surface area contributed by atoms with E-state index in [-0.39, 0.29) is 0 Å². The van der Waals surface area contributed by atoms with Crippen LogP contribution in [0.1, 0.15) is 11.3 Å². The maximum atomic E-state index is 5.81. The molecule has 0 radical (unpaired) electrons. The van der Waals surface area contributed by atoms with Gasteiger partial charge < -0.3 is 10.7 Å². The lowest BCUT2D eigenvalue weighted by Gasteiger charge is -1.99. The lowest BCUT2D eigenvalue weighted by Crippen LogP contribution is -1.97. The maximum absolute atomic E-state index is 5.81. The van der Waals surface area contributed by atoms with Crippen LogP contribution >= 0.6 is 11.9 Å². The highest BCUT2D eigenvalue weighted by Crippen LogP contribution is 2.25. The van der Waals surface area contributed by atoms with E-state index in [2.05, 4.69) is 15.0 Å². The Morgan fingerprint density at radius 2 is 2.00 bits per heavy atom. The molecule has 0 spiro atoms. The number of nitrogen functional groups attached to an aromatic ring is 1. The van der Waals surface area contributed by atoms with Crippen LogP contribution in [-0.2, 0) is 0 Å². The van der Waals surface area contributed by atoms with Crippen molar-refractivity contribution in [1.82, 2.24) is 15.0 Å². The highest BCUT2D eigenvalue weighted by molar-refractivity contribution is 7.96. The monoisotopic (exact) mass is 209 g/mol. The first-order chi connectivity index (χ1) is 6.63. The van der Waals surface area contributed by atoms with Gasteiger partial charge in [-0.3, -0.25) is 5.14 Å². The van der Waals surface area contributed by atoms with E-state index in [1.54, 1.807) is 0 Å². The van der Waals surface area contributed by atoms with Gasteiger partial charge in [-0.1, -0.05) is 0 Å². The van der Waals surface area contributed by atoms with Crippen molar-refractivity contribution in [1.29, 1.82) is 0 Å². The molecule has 2 aromatic rings. The van der Waals surface area contributed by atoms with Crippen LogP contribution in [0.25, 0.3) is 11.0 Å². The average molecular weight is 209 g/mol. The molecule has 0 fully saturated rings. The summed E-state index contributed by atoms with van der Waals surface area (Å²) in [6, 6.07) is 0. The standard InChI is InChI=1S/C8H11N5S/c1-3-4(2)11-7-5(3)6(9)12-8(13-7)14-10/h10H2,1-2H3,(H3,9,11,12,13). The number of nitrogens with one attached hydrogen (secondary N) is 1. The summed E-state index contributed by atoms with van der Waals surface area (Å²) in [7, 11) is 0. The molecule has 0 amide bonds. The van der Waals surface area contributed by atoms with Crippen molar-refractivity contribution in [3.8, 4) is 0 Å². The van der Waals surface area contributed by atoms with Crippen molar-refractivity contribution in [2.24, 2.45) is 5.14 Å². The molecule has 0 aromatic carbocycles. The van der Waals surface area contributed by atoms with E-state index in [0.29, 0.717) is 11.0 Å². The Morgan fingerprint density at radius 1 is 1.29 bits per heavy atom. The molecule has 0 aliphatic rings.